The van der Waals surface area contributed by atoms with Gasteiger partial charge in [0.05, 0.1) is 22.5 Å². The Morgan fingerprint density at radius 1 is 1.16 bits per heavy atom. The van der Waals surface area contributed by atoms with Crippen molar-refractivity contribution >= 4 is 52.2 Å². The van der Waals surface area contributed by atoms with E-state index in [1.165, 1.54) is 23.7 Å². The summed E-state index contributed by atoms with van der Waals surface area (Å²) in [6.07, 6.45) is 3.09. The Morgan fingerprint density at radius 2 is 1.95 bits per heavy atom. The second-order valence-corrected chi connectivity index (χ2v) is 8.73. The number of halogens is 2. The lowest BCUT2D eigenvalue weighted by atomic mass is 10.1. The van der Waals surface area contributed by atoms with E-state index >= 15 is 0 Å². The third-order valence-electron chi connectivity index (χ3n) is 5.23. The van der Waals surface area contributed by atoms with Gasteiger partial charge < -0.3 is 21.1 Å². The molecular weight excluding hydrogens is 519 g/mol. The lowest BCUT2D eigenvalue weighted by Crippen LogP contribution is -2.38. The smallest absolute Gasteiger partial charge is 0.325 e. The minimum Gasteiger partial charge on any atom is -0.480 e. The molecule has 0 aliphatic heterocycles. The van der Waals surface area contributed by atoms with Gasteiger partial charge in [0.15, 0.2) is 11.5 Å². The average molecular weight is 539 g/mol. The van der Waals surface area contributed by atoms with Gasteiger partial charge in [-0.3, -0.25) is 9.59 Å². The molecule has 0 spiro atoms. The number of nitriles is 1. The van der Waals surface area contributed by atoms with Crippen molar-refractivity contribution in [2.75, 3.05) is 23.7 Å². The molecular formula is C24H20Cl2N8O3. The number of hydrogen-bond acceptors (Lipinski definition) is 8. The Morgan fingerprint density at radius 3 is 2.62 bits per heavy atom. The van der Waals surface area contributed by atoms with Gasteiger partial charge in [0, 0.05) is 35.9 Å². The molecule has 0 radical (unpaired) electrons. The average Bonchev–Trinajstić information content (AvgIpc) is 3.31. The molecule has 0 saturated carbocycles. The Hall–Kier alpha value is -4.40. The molecule has 1 aromatic carbocycles. The van der Waals surface area contributed by atoms with Gasteiger partial charge in [-0.1, -0.05) is 23.2 Å². The summed E-state index contributed by atoms with van der Waals surface area (Å²) in [5, 5.41) is 31.9. The third kappa shape index (κ3) is 6.06. The van der Waals surface area contributed by atoms with Crippen LogP contribution in [-0.2, 0) is 4.79 Å². The number of hydrogen-bond donors (Lipinski definition) is 4. The maximum atomic E-state index is 12.6. The minimum absolute atomic E-state index is 0.0252. The number of fused-ring (bicyclic) bond motifs is 1. The quantitative estimate of drug-likeness (QED) is 0.233. The fourth-order valence-corrected chi connectivity index (χ4v) is 3.83. The van der Waals surface area contributed by atoms with Gasteiger partial charge in [0.25, 0.3) is 5.91 Å². The second-order valence-electron chi connectivity index (χ2n) is 7.89. The number of carbonyl (C=O) groups excluding carboxylic acids is 1. The van der Waals surface area contributed by atoms with Crippen LogP contribution in [0.25, 0.3) is 16.8 Å². The molecule has 3 heterocycles. The number of nitrogens with zero attached hydrogens (tertiary/aromatic N) is 5. The molecule has 0 aliphatic carbocycles. The first-order valence-corrected chi connectivity index (χ1v) is 11.7. The number of amides is 1. The summed E-state index contributed by atoms with van der Waals surface area (Å²) in [6.45, 7) is 2.25. The van der Waals surface area contributed by atoms with Crippen molar-refractivity contribution in [1.29, 1.82) is 5.26 Å². The fourth-order valence-electron chi connectivity index (χ4n) is 3.33. The monoisotopic (exact) mass is 538 g/mol. The first-order valence-electron chi connectivity index (χ1n) is 11.0. The van der Waals surface area contributed by atoms with E-state index in [2.05, 4.69) is 31.0 Å². The number of rotatable bonds is 9. The van der Waals surface area contributed by atoms with Crippen LogP contribution in [0.5, 0.6) is 0 Å². The van der Waals surface area contributed by atoms with E-state index in [9.17, 15) is 9.59 Å². The summed E-state index contributed by atoms with van der Waals surface area (Å²) < 4.78 is 1.48. The molecule has 0 unspecified atom stereocenters. The molecule has 4 aromatic rings. The Balaban J connectivity index is 1.61. The zero-order valence-corrected chi connectivity index (χ0v) is 20.9. The number of pyridine rings is 1. The molecule has 11 nitrogen and oxygen atoms in total. The molecule has 4 rings (SSSR count). The maximum absolute atomic E-state index is 12.6. The van der Waals surface area contributed by atoms with Crippen molar-refractivity contribution in [3.8, 4) is 17.3 Å². The van der Waals surface area contributed by atoms with Gasteiger partial charge >= 0.3 is 5.97 Å². The molecule has 0 fully saturated rings. The van der Waals surface area contributed by atoms with Gasteiger partial charge in [-0.25, -0.2) is 14.5 Å². The topological polar surface area (TPSA) is 157 Å². The van der Waals surface area contributed by atoms with E-state index in [1.807, 2.05) is 6.07 Å². The molecule has 1 amide bonds. The molecule has 37 heavy (non-hydrogen) atoms. The predicted molar refractivity (Wildman–Crippen MR) is 139 cm³/mol. The van der Waals surface area contributed by atoms with Crippen molar-refractivity contribution in [2.45, 2.75) is 13.0 Å². The van der Waals surface area contributed by atoms with Crippen LogP contribution in [0.4, 0.5) is 11.6 Å². The fraction of sp³-hybridized carbons (Fsp3) is 0.167. The molecule has 0 saturated heterocycles. The van der Waals surface area contributed by atoms with Gasteiger partial charge in [-0.15, -0.1) is 0 Å². The second kappa shape index (κ2) is 11.1. The largest absolute Gasteiger partial charge is 0.480 e. The Kier molecular flexibility index (Phi) is 7.71. The highest BCUT2D eigenvalue weighted by molar-refractivity contribution is 6.36. The van der Waals surface area contributed by atoms with Crippen LogP contribution in [-0.4, -0.2) is 55.7 Å². The highest BCUT2D eigenvalue weighted by Crippen LogP contribution is 2.31. The van der Waals surface area contributed by atoms with Crippen molar-refractivity contribution in [1.82, 2.24) is 24.9 Å². The normalized spacial score (nSPS) is 11.5. The lowest BCUT2D eigenvalue weighted by Gasteiger charge is -2.12. The van der Waals surface area contributed by atoms with E-state index in [0.717, 1.165) is 0 Å². The first kappa shape index (κ1) is 25.7. The molecule has 0 bridgehead atoms. The third-order valence-corrected chi connectivity index (χ3v) is 5.78. The molecule has 3 aromatic heterocycles. The lowest BCUT2D eigenvalue weighted by molar-refractivity contribution is -0.138. The van der Waals surface area contributed by atoms with Crippen LogP contribution in [0.3, 0.4) is 0 Å². The van der Waals surface area contributed by atoms with Crippen molar-refractivity contribution in [3.63, 3.8) is 0 Å². The van der Waals surface area contributed by atoms with E-state index in [4.69, 9.17) is 33.6 Å². The van der Waals surface area contributed by atoms with Crippen LogP contribution in [0.2, 0.25) is 10.0 Å². The maximum Gasteiger partial charge on any atom is 0.325 e. The summed E-state index contributed by atoms with van der Waals surface area (Å²) in [4.78, 5) is 32.6. The number of carboxylic acids is 1. The predicted octanol–water partition coefficient (Wildman–Crippen LogP) is 3.70. The van der Waals surface area contributed by atoms with Crippen LogP contribution < -0.4 is 16.0 Å². The number of benzene rings is 1. The highest BCUT2D eigenvalue weighted by Gasteiger charge is 2.20. The molecule has 1 atom stereocenters. The Bertz CT molecular complexity index is 1520. The Labute approximate surface area is 221 Å². The molecule has 0 aliphatic rings. The number of nitrogens with one attached hydrogen (secondary N) is 3. The summed E-state index contributed by atoms with van der Waals surface area (Å²) >= 11 is 12.4. The van der Waals surface area contributed by atoms with Crippen molar-refractivity contribution in [3.05, 3.63) is 70.1 Å². The van der Waals surface area contributed by atoms with Gasteiger partial charge in [-0.2, -0.15) is 10.4 Å². The number of anilines is 2. The van der Waals surface area contributed by atoms with Gasteiger partial charge in [-0.05, 0) is 37.3 Å². The van der Waals surface area contributed by atoms with Crippen LogP contribution in [0.15, 0.2) is 48.8 Å². The van der Waals surface area contributed by atoms with Crippen LogP contribution >= 0.6 is 23.2 Å². The van der Waals surface area contributed by atoms with Crippen LogP contribution in [0.1, 0.15) is 23.0 Å². The zero-order valence-electron chi connectivity index (χ0n) is 19.4. The molecule has 4 N–H and O–H groups in total. The van der Waals surface area contributed by atoms with E-state index in [-0.39, 0.29) is 5.69 Å². The number of carboxylic acid groups (broad SMARTS) is 1. The SMILES string of the molecule is C[C@H](NC(=O)c1cc2c(NCCNc3ccc(C#N)cn3)nc(-c3ccc(Cl)cc3Cl)cn2n1)C(=O)O. The van der Waals surface area contributed by atoms with E-state index in [1.54, 1.807) is 36.5 Å². The van der Waals surface area contributed by atoms with Gasteiger partial charge in [0.2, 0.25) is 0 Å². The zero-order chi connectivity index (χ0) is 26.5. The van der Waals surface area contributed by atoms with E-state index < -0.39 is 17.9 Å². The molecule has 13 heteroatoms. The number of carbonyl (C=O) groups is 2. The standard InChI is InChI=1S/C24H20Cl2N8O3/c1-13(24(36)37)31-23(35)18-9-20-22(29-7-6-28-21-5-2-14(10-27)11-30-21)32-19(12-34(20)33-18)16-4-3-15(25)8-17(16)26/h2-5,8-9,11-13H,6-7H2,1H3,(H,28,30)(H,29,32)(H,31,35)(H,36,37)/t13-/m0/s1. The van der Waals surface area contributed by atoms with Crippen LogP contribution in [0, 0.1) is 11.3 Å². The summed E-state index contributed by atoms with van der Waals surface area (Å²) in [5.74, 6) is -0.762. The molecule has 188 valence electrons. The summed E-state index contributed by atoms with van der Waals surface area (Å²) in [6, 6.07) is 10.8. The summed E-state index contributed by atoms with van der Waals surface area (Å²) in [5.41, 5.74) is 2.08. The summed E-state index contributed by atoms with van der Waals surface area (Å²) in [7, 11) is 0. The minimum atomic E-state index is -1.16. The first-order chi connectivity index (χ1) is 17.7. The van der Waals surface area contributed by atoms with Gasteiger partial charge in [0.1, 0.15) is 23.4 Å². The number of aliphatic carboxylic acids is 1. The van der Waals surface area contributed by atoms with Crippen molar-refractivity contribution < 1.29 is 14.7 Å². The van der Waals surface area contributed by atoms with Crippen molar-refractivity contribution in [2.24, 2.45) is 0 Å². The number of aromatic nitrogens is 4. The highest BCUT2D eigenvalue weighted by atomic mass is 35.5. The van der Waals surface area contributed by atoms with E-state index in [0.29, 0.717) is 57.1 Å².